The standard InChI is InChI=1S/C13H22N2OS.CH4/c1-8-9(10(16)12(2,3)4)17-11(14-8)15-13(5,6)7;/h1-7H3,(H,14,15);1H4. The van der Waals surface area contributed by atoms with Crippen molar-refractivity contribution in [3.05, 3.63) is 10.6 Å². The smallest absolute Gasteiger partial charge is 0.183 e. The number of ketones is 1. The summed E-state index contributed by atoms with van der Waals surface area (Å²) >= 11 is 1.45. The molecule has 0 saturated heterocycles. The normalized spacial score (nSPS) is 11.9. The second-order valence-corrected chi connectivity index (χ2v) is 7.39. The highest BCUT2D eigenvalue weighted by molar-refractivity contribution is 7.17. The van der Waals surface area contributed by atoms with Crippen LogP contribution in [-0.2, 0) is 0 Å². The molecule has 1 aromatic rings. The van der Waals surface area contributed by atoms with Crippen molar-refractivity contribution in [3.8, 4) is 0 Å². The molecule has 1 rings (SSSR count). The van der Waals surface area contributed by atoms with Gasteiger partial charge in [0.15, 0.2) is 10.9 Å². The Morgan fingerprint density at radius 3 is 2.06 bits per heavy atom. The summed E-state index contributed by atoms with van der Waals surface area (Å²) in [6, 6.07) is 0. The van der Waals surface area contributed by atoms with Crippen molar-refractivity contribution in [1.82, 2.24) is 4.98 Å². The van der Waals surface area contributed by atoms with Crippen LogP contribution >= 0.6 is 11.3 Å². The molecule has 0 unspecified atom stereocenters. The molecule has 0 aliphatic carbocycles. The molecule has 1 N–H and O–H groups in total. The fraction of sp³-hybridized carbons (Fsp3) is 0.714. The maximum Gasteiger partial charge on any atom is 0.183 e. The number of nitrogens with zero attached hydrogens (tertiary/aromatic N) is 1. The van der Waals surface area contributed by atoms with Gasteiger partial charge in [-0.2, -0.15) is 0 Å². The van der Waals surface area contributed by atoms with Crippen molar-refractivity contribution in [2.45, 2.75) is 61.4 Å². The second kappa shape index (κ2) is 5.39. The van der Waals surface area contributed by atoms with Gasteiger partial charge >= 0.3 is 0 Å². The molecule has 0 radical (unpaired) electrons. The van der Waals surface area contributed by atoms with Gasteiger partial charge in [0, 0.05) is 11.0 Å². The summed E-state index contributed by atoms with van der Waals surface area (Å²) in [6.07, 6.45) is 0. The molecular weight excluding hydrogens is 244 g/mol. The van der Waals surface area contributed by atoms with E-state index in [1.54, 1.807) is 0 Å². The SMILES string of the molecule is C.Cc1nc(NC(C)(C)C)sc1C(=O)C(C)(C)C. The van der Waals surface area contributed by atoms with E-state index in [9.17, 15) is 4.79 Å². The van der Waals surface area contributed by atoms with Crippen LogP contribution in [-0.4, -0.2) is 16.3 Å². The van der Waals surface area contributed by atoms with Crippen LogP contribution in [0.2, 0.25) is 0 Å². The number of aryl methyl sites for hydroxylation is 1. The minimum Gasteiger partial charge on any atom is -0.357 e. The van der Waals surface area contributed by atoms with Crippen LogP contribution in [0.15, 0.2) is 0 Å². The van der Waals surface area contributed by atoms with Crippen LogP contribution in [0.3, 0.4) is 0 Å². The van der Waals surface area contributed by atoms with E-state index in [2.05, 4.69) is 31.1 Å². The summed E-state index contributed by atoms with van der Waals surface area (Å²) in [5.41, 5.74) is 0.435. The van der Waals surface area contributed by atoms with Gasteiger partial charge in [-0.3, -0.25) is 4.79 Å². The molecule has 0 aromatic carbocycles. The molecule has 0 aliphatic heterocycles. The molecule has 0 fully saturated rings. The highest BCUT2D eigenvalue weighted by Gasteiger charge is 2.27. The van der Waals surface area contributed by atoms with Crippen molar-refractivity contribution in [2.75, 3.05) is 5.32 Å². The lowest BCUT2D eigenvalue weighted by Gasteiger charge is -2.19. The minimum atomic E-state index is -0.351. The lowest BCUT2D eigenvalue weighted by molar-refractivity contribution is 0.0862. The van der Waals surface area contributed by atoms with Crippen LogP contribution in [0.5, 0.6) is 0 Å². The van der Waals surface area contributed by atoms with E-state index in [4.69, 9.17) is 0 Å². The quantitative estimate of drug-likeness (QED) is 0.803. The number of aromatic nitrogens is 1. The second-order valence-electron chi connectivity index (χ2n) is 6.39. The van der Waals surface area contributed by atoms with Gasteiger partial charge in [-0.25, -0.2) is 4.98 Å². The van der Waals surface area contributed by atoms with Crippen LogP contribution < -0.4 is 5.32 Å². The van der Waals surface area contributed by atoms with Gasteiger partial charge in [-0.15, -0.1) is 0 Å². The van der Waals surface area contributed by atoms with E-state index >= 15 is 0 Å². The molecule has 0 spiro atoms. The fourth-order valence-electron chi connectivity index (χ4n) is 1.32. The van der Waals surface area contributed by atoms with Crippen LogP contribution in [0.25, 0.3) is 0 Å². The van der Waals surface area contributed by atoms with Gasteiger partial charge in [0.2, 0.25) is 0 Å². The highest BCUT2D eigenvalue weighted by Crippen LogP contribution is 2.30. The zero-order valence-corrected chi connectivity index (χ0v) is 12.6. The Labute approximate surface area is 115 Å². The summed E-state index contributed by atoms with van der Waals surface area (Å²) in [5, 5.41) is 4.13. The third-order valence-corrected chi connectivity index (χ3v) is 3.24. The summed E-state index contributed by atoms with van der Waals surface area (Å²) < 4.78 is 0. The molecule has 0 bridgehead atoms. The van der Waals surface area contributed by atoms with Crippen LogP contribution in [0.4, 0.5) is 5.13 Å². The highest BCUT2D eigenvalue weighted by atomic mass is 32.1. The first-order valence-corrected chi connectivity index (χ1v) is 6.63. The van der Waals surface area contributed by atoms with Crippen LogP contribution in [0.1, 0.15) is 64.3 Å². The summed E-state index contributed by atoms with van der Waals surface area (Å²) in [7, 11) is 0. The average Bonchev–Trinajstić information content (AvgIpc) is 2.40. The summed E-state index contributed by atoms with van der Waals surface area (Å²) in [5.74, 6) is 0.162. The number of hydrogen-bond donors (Lipinski definition) is 1. The van der Waals surface area contributed by atoms with Gasteiger partial charge in [-0.1, -0.05) is 39.5 Å². The Hall–Kier alpha value is -0.900. The number of thiazole rings is 1. The van der Waals surface area contributed by atoms with E-state index in [1.807, 2.05) is 27.7 Å². The minimum absolute atomic E-state index is 0. The molecule has 104 valence electrons. The first-order valence-electron chi connectivity index (χ1n) is 5.81. The molecular formula is C14H26N2OS. The molecule has 1 aromatic heterocycles. The zero-order valence-electron chi connectivity index (χ0n) is 11.8. The number of hydrogen-bond acceptors (Lipinski definition) is 4. The van der Waals surface area contributed by atoms with Crippen molar-refractivity contribution >= 4 is 22.3 Å². The third kappa shape index (κ3) is 4.41. The van der Waals surface area contributed by atoms with Crippen molar-refractivity contribution in [1.29, 1.82) is 0 Å². The molecule has 0 atom stereocenters. The monoisotopic (exact) mass is 270 g/mol. The summed E-state index contributed by atoms with van der Waals surface area (Å²) in [6.45, 7) is 13.9. The number of Topliss-reactive ketones (excluding diaryl/α,β-unsaturated/α-hetero) is 1. The van der Waals surface area contributed by atoms with E-state index in [0.717, 1.165) is 15.7 Å². The van der Waals surface area contributed by atoms with Crippen molar-refractivity contribution < 1.29 is 4.79 Å². The zero-order chi connectivity index (χ0) is 13.4. The maximum absolute atomic E-state index is 12.2. The van der Waals surface area contributed by atoms with E-state index in [1.165, 1.54) is 11.3 Å². The average molecular weight is 270 g/mol. The van der Waals surface area contributed by atoms with E-state index in [0.29, 0.717) is 0 Å². The molecule has 3 nitrogen and oxygen atoms in total. The predicted molar refractivity (Wildman–Crippen MR) is 80.7 cm³/mol. The largest absolute Gasteiger partial charge is 0.357 e. The Morgan fingerprint density at radius 2 is 1.67 bits per heavy atom. The molecule has 4 heteroatoms. The first kappa shape index (κ1) is 17.1. The van der Waals surface area contributed by atoms with Gasteiger partial charge < -0.3 is 5.32 Å². The molecule has 1 heterocycles. The number of rotatable bonds is 2. The van der Waals surface area contributed by atoms with Crippen molar-refractivity contribution in [2.24, 2.45) is 5.41 Å². The number of carbonyl (C=O) groups is 1. The fourth-order valence-corrected chi connectivity index (χ4v) is 2.65. The van der Waals surface area contributed by atoms with Gasteiger partial charge in [0.25, 0.3) is 0 Å². The van der Waals surface area contributed by atoms with Crippen LogP contribution in [0, 0.1) is 12.3 Å². The third-order valence-electron chi connectivity index (χ3n) is 2.17. The Morgan fingerprint density at radius 1 is 1.17 bits per heavy atom. The Kier molecular flexibility index (Phi) is 5.12. The van der Waals surface area contributed by atoms with E-state index in [-0.39, 0.29) is 24.2 Å². The molecule has 18 heavy (non-hydrogen) atoms. The van der Waals surface area contributed by atoms with Crippen molar-refractivity contribution in [3.63, 3.8) is 0 Å². The number of nitrogens with one attached hydrogen (secondary N) is 1. The molecule has 0 amide bonds. The van der Waals surface area contributed by atoms with Gasteiger partial charge in [0.1, 0.15) is 0 Å². The first-order chi connectivity index (χ1) is 7.50. The lowest BCUT2D eigenvalue weighted by atomic mass is 9.89. The molecule has 0 aliphatic rings. The molecule has 0 saturated carbocycles. The Balaban J connectivity index is 0.00000289. The maximum atomic E-state index is 12.2. The topological polar surface area (TPSA) is 42.0 Å². The predicted octanol–water partition coefficient (Wildman–Crippen LogP) is 4.53. The summed E-state index contributed by atoms with van der Waals surface area (Å²) in [4.78, 5) is 17.4. The Bertz CT molecular complexity index is 422. The van der Waals surface area contributed by atoms with Gasteiger partial charge in [-0.05, 0) is 27.7 Å². The number of anilines is 1. The number of carbonyl (C=O) groups excluding carboxylic acids is 1. The van der Waals surface area contributed by atoms with Gasteiger partial charge in [0.05, 0.1) is 10.6 Å². The lowest BCUT2D eigenvalue weighted by Crippen LogP contribution is -2.25. The van der Waals surface area contributed by atoms with E-state index < -0.39 is 0 Å².